The van der Waals surface area contributed by atoms with Gasteiger partial charge in [0, 0.05) is 5.69 Å². The van der Waals surface area contributed by atoms with E-state index in [1.54, 1.807) is 24.3 Å². The fourth-order valence-electron chi connectivity index (χ4n) is 1.12. The van der Waals surface area contributed by atoms with Gasteiger partial charge in [0.2, 0.25) is 0 Å². The second-order valence-electron chi connectivity index (χ2n) is 3.27. The minimum atomic E-state index is -1.05. The summed E-state index contributed by atoms with van der Waals surface area (Å²) in [6, 6.07) is 9.30. The zero-order valence-electron chi connectivity index (χ0n) is 9.66. The zero-order chi connectivity index (χ0) is 14.3. The van der Waals surface area contributed by atoms with E-state index >= 15 is 0 Å². The number of nitrogens with two attached hydrogens (primary N) is 1. The molecule has 0 fully saturated rings. The van der Waals surface area contributed by atoms with Crippen molar-refractivity contribution in [3.05, 3.63) is 41.2 Å². The molecule has 1 rings (SSSR count). The van der Waals surface area contributed by atoms with E-state index in [4.69, 9.17) is 21.4 Å². The van der Waals surface area contributed by atoms with E-state index in [0.717, 1.165) is 6.34 Å². The van der Waals surface area contributed by atoms with Crippen molar-refractivity contribution in [3.63, 3.8) is 0 Å². The molecular formula is C12H9N5O2. The molecule has 0 aliphatic heterocycles. The number of carboxylic acid groups (broad SMARTS) is 1. The number of anilines is 1. The Labute approximate surface area is 108 Å². The van der Waals surface area contributed by atoms with E-state index in [1.165, 1.54) is 12.1 Å². The fraction of sp³-hybridized carbons (Fsp3) is 0. The quantitative estimate of drug-likeness (QED) is 0.418. The Morgan fingerprint density at radius 2 is 2.16 bits per heavy atom. The highest BCUT2D eigenvalue weighted by molar-refractivity contribution is 5.90. The maximum atomic E-state index is 10.7. The van der Waals surface area contributed by atoms with Crippen molar-refractivity contribution in [3.8, 4) is 12.1 Å². The highest BCUT2D eigenvalue weighted by Crippen LogP contribution is 2.09. The summed E-state index contributed by atoms with van der Waals surface area (Å²) in [6.07, 6.45) is 1.16. The van der Waals surface area contributed by atoms with Gasteiger partial charge in [-0.05, 0) is 18.2 Å². The molecule has 4 N–H and O–H groups in total. The van der Waals surface area contributed by atoms with Gasteiger partial charge in [0.25, 0.3) is 0 Å². The molecule has 0 bridgehead atoms. The minimum absolute atomic E-state index is 0.117. The van der Waals surface area contributed by atoms with E-state index in [1.807, 2.05) is 0 Å². The Morgan fingerprint density at radius 1 is 1.42 bits per heavy atom. The Kier molecular flexibility index (Phi) is 4.65. The molecule has 0 atom stereocenters. The van der Waals surface area contributed by atoms with Crippen molar-refractivity contribution in [2.45, 2.75) is 0 Å². The number of nitrogens with zero attached hydrogens (tertiary/aromatic N) is 3. The highest BCUT2D eigenvalue weighted by Gasteiger charge is 2.02. The average molecular weight is 255 g/mol. The number of benzene rings is 1. The van der Waals surface area contributed by atoms with Crippen LogP contribution >= 0.6 is 0 Å². The molecule has 1 aromatic carbocycles. The van der Waals surface area contributed by atoms with E-state index in [2.05, 4.69) is 10.3 Å². The molecule has 0 amide bonds. The summed E-state index contributed by atoms with van der Waals surface area (Å²) in [5.74, 6) is -1.05. The normalized spacial score (nSPS) is 11.3. The van der Waals surface area contributed by atoms with Gasteiger partial charge in [0.05, 0.1) is 11.9 Å². The molecule has 0 radical (unpaired) electrons. The zero-order valence-corrected chi connectivity index (χ0v) is 9.66. The van der Waals surface area contributed by atoms with E-state index in [-0.39, 0.29) is 17.0 Å². The summed E-state index contributed by atoms with van der Waals surface area (Å²) in [6.45, 7) is 0. The molecule has 0 unspecified atom stereocenters. The van der Waals surface area contributed by atoms with Gasteiger partial charge in [-0.2, -0.15) is 10.5 Å². The molecule has 1 aromatic rings. The summed E-state index contributed by atoms with van der Waals surface area (Å²) in [4.78, 5) is 14.4. The summed E-state index contributed by atoms with van der Waals surface area (Å²) in [5.41, 5.74) is 5.34. The lowest BCUT2D eigenvalue weighted by Gasteiger charge is -2.01. The average Bonchev–Trinajstić information content (AvgIpc) is 2.43. The molecule has 0 heterocycles. The first-order valence-corrected chi connectivity index (χ1v) is 5.01. The van der Waals surface area contributed by atoms with Crippen LogP contribution < -0.4 is 11.1 Å². The van der Waals surface area contributed by atoms with Crippen molar-refractivity contribution in [1.29, 1.82) is 10.5 Å². The van der Waals surface area contributed by atoms with Crippen molar-refractivity contribution in [2.24, 2.45) is 10.7 Å². The molecule has 0 aliphatic rings. The molecule has 0 saturated carbocycles. The first-order chi connectivity index (χ1) is 9.08. The van der Waals surface area contributed by atoms with Crippen LogP contribution in [0.25, 0.3) is 0 Å². The topological polar surface area (TPSA) is 135 Å². The van der Waals surface area contributed by atoms with Crippen molar-refractivity contribution in [1.82, 2.24) is 0 Å². The van der Waals surface area contributed by atoms with Gasteiger partial charge in [0.1, 0.15) is 17.8 Å². The first kappa shape index (κ1) is 13.7. The summed E-state index contributed by atoms with van der Waals surface area (Å²) in [7, 11) is 0. The number of aliphatic imine (C=N–C) groups is 1. The number of allylic oxidation sites excluding steroid dienone is 2. The van der Waals surface area contributed by atoms with Crippen molar-refractivity contribution < 1.29 is 9.90 Å². The van der Waals surface area contributed by atoms with Crippen LogP contribution in [0.15, 0.2) is 40.7 Å². The van der Waals surface area contributed by atoms with E-state index in [9.17, 15) is 4.79 Å². The third-order valence-corrected chi connectivity index (χ3v) is 2.02. The Bertz CT molecular complexity index is 634. The highest BCUT2D eigenvalue weighted by atomic mass is 16.4. The van der Waals surface area contributed by atoms with Gasteiger partial charge in [-0.25, -0.2) is 9.79 Å². The summed E-state index contributed by atoms with van der Waals surface area (Å²) < 4.78 is 0. The number of carbonyl (C=O) groups is 1. The molecule has 0 aliphatic carbocycles. The van der Waals surface area contributed by atoms with Gasteiger partial charge in [-0.15, -0.1) is 0 Å². The van der Waals surface area contributed by atoms with Crippen LogP contribution in [0, 0.1) is 22.7 Å². The molecule has 0 saturated heterocycles. The standard InChI is InChI=1S/C12H9N5O2/c13-5-10(15)11(6-14)17-7-16-9-3-1-2-8(4-9)12(18)19/h1-4,7H,15H2,(H,16,17)(H,18,19)/b11-10-. The lowest BCUT2D eigenvalue weighted by atomic mass is 10.2. The number of nitriles is 2. The van der Waals surface area contributed by atoms with E-state index < -0.39 is 5.97 Å². The second-order valence-corrected chi connectivity index (χ2v) is 3.27. The van der Waals surface area contributed by atoms with Crippen LogP contribution in [0.5, 0.6) is 0 Å². The Hall–Kier alpha value is -3.32. The Balaban J connectivity index is 2.84. The third-order valence-electron chi connectivity index (χ3n) is 2.02. The SMILES string of the molecule is N#C/C(N)=C(\C#N)N=CNc1cccc(C(=O)O)c1. The van der Waals surface area contributed by atoms with Gasteiger partial charge >= 0.3 is 5.97 Å². The summed E-state index contributed by atoms with van der Waals surface area (Å²) in [5, 5.41) is 28.7. The predicted octanol–water partition coefficient (Wildman–Crippen LogP) is 1.04. The van der Waals surface area contributed by atoms with Gasteiger partial charge in [-0.1, -0.05) is 6.07 Å². The van der Waals surface area contributed by atoms with Crippen LogP contribution in [0.4, 0.5) is 5.69 Å². The number of hydrogen-bond donors (Lipinski definition) is 3. The van der Waals surface area contributed by atoms with Gasteiger partial charge in [-0.3, -0.25) is 0 Å². The van der Waals surface area contributed by atoms with Crippen molar-refractivity contribution in [2.75, 3.05) is 5.32 Å². The maximum absolute atomic E-state index is 10.7. The molecule has 0 spiro atoms. The number of hydrogen-bond acceptors (Lipinski definition) is 5. The van der Waals surface area contributed by atoms with Crippen LogP contribution in [-0.4, -0.2) is 17.4 Å². The Morgan fingerprint density at radius 3 is 2.74 bits per heavy atom. The van der Waals surface area contributed by atoms with Crippen LogP contribution in [0.1, 0.15) is 10.4 Å². The minimum Gasteiger partial charge on any atom is -0.478 e. The number of aromatic carboxylic acids is 1. The number of nitrogens with one attached hydrogen (secondary N) is 1. The number of carboxylic acids is 1. The molecule has 94 valence electrons. The second kappa shape index (κ2) is 6.42. The largest absolute Gasteiger partial charge is 0.478 e. The summed E-state index contributed by atoms with van der Waals surface area (Å²) >= 11 is 0. The lowest BCUT2D eigenvalue weighted by molar-refractivity contribution is 0.0697. The fourth-order valence-corrected chi connectivity index (χ4v) is 1.12. The number of rotatable bonds is 4. The first-order valence-electron chi connectivity index (χ1n) is 5.01. The molecule has 7 heteroatoms. The molecule has 0 aromatic heterocycles. The molecule has 7 nitrogen and oxygen atoms in total. The molecule has 19 heavy (non-hydrogen) atoms. The van der Waals surface area contributed by atoms with Gasteiger partial charge < -0.3 is 16.2 Å². The van der Waals surface area contributed by atoms with Crippen molar-refractivity contribution >= 4 is 18.0 Å². The maximum Gasteiger partial charge on any atom is 0.335 e. The smallest absolute Gasteiger partial charge is 0.335 e. The van der Waals surface area contributed by atoms with Crippen LogP contribution in [0.2, 0.25) is 0 Å². The predicted molar refractivity (Wildman–Crippen MR) is 68.0 cm³/mol. The molecular weight excluding hydrogens is 246 g/mol. The monoisotopic (exact) mass is 255 g/mol. The van der Waals surface area contributed by atoms with Crippen LogP contribution in [0.3, 0.4) is 0 Å². The van der Waals surface area contributed by atoms with E-state index in [0.29, 0.717) is 5.69 Å². The lowest BCUT2D eigenvalue weighted by Crippen LogP contribution is -2.01. The van der Waals surface area contributed by atoms with Gasteiger partial charge in [0.15, 0.2) is 5.70 Å². The third kappa shape index (κ3) is 3.88. The van der Waals surface area contributed by atoms with Crippen LogP contribution in [-0.2, 0) is 0 Å².